The van der Waals surface area contributed by atoms with Gasteiger partial charge in [0.15, 0.2) is 0 Å². The molecule has 0 aromatic heterocycles. The lowest BCUT2D eigenvalue weighted by Gasteiger charge is -2.33. The predicted octanol–water partition coefficient (Wildman–Crippen LogP) is 3.79. The molecule has 1 aromatic rings. The van der Waals surface area contributed by atoms with E-state index >= 15 is 0 Å². The van der Waals surface area contributed by atoms with Crippen LogP contribution >= 0.6 is 0 Å². The Hall–Kier alpha value is -1.56. The van der Waals surface area contributed by atoms with Crippen LogP contribution in [0.3, 0.4) is 0 Å². The van der Waals surface area contributed by atoms with E-state index in [1.165, 1.54) is 12.1 Å². The minimum atomic E-state index is -4.35. The van der Waals surface area contributed by atoms with Crippen molar-refractivity contribution < 1.29 is 18.0 Å². The fourth-order valence-electron chi connectivity index (χ4n) is 3.01. The van der Waals surface area contributed by atoms with E-state index in [2.05, 4.69) is 11.8 Å². The first kappa shape index (κ1) is 17.8. The van der Waals surface area contributed by atoms with E-state index in [9.17, 15) is 18.0 Å². The number of nitrogens with zero attached hydrogens (tertiary/aromatic N) is 2. The summed E-state index contributed by atoms with van der Waals surface area (Å²) in [5, 5.41) is 0. The van der Waals surface area contributed by atoms with Gasteiger partial charge in [-0.15, -0.1) is 0 Å². The number of anilines is 1. The molecular formula is C17H23F3N2O. The molecule has 0 atom stereocenters. The van der Waals surface area contributed by atoms with E-state index < -0.39 is 11.7 Å². The number of carbonyl (C=O) groups excluding carboxylic acids is 1. The van der Waals surface area contributed by atoms with Crippen molar-refractivity contribution in [1.82, 2.24) is 4.90 Å². The van der Waals surface area contributed by atoms with E-state index in [1.54, 1.807) is 4.90 Å². The van der Waals surface area contributed by atoms with Crippen LogP contribution in [-0.2, 0) is 11.0 Å². The Balaban J connectivity index is 2.08. The largest absolute Gasteiger partial charge is 0.416 e. The quantitative estimate of drug-likeness (QED) is 0.839. The zero-order chi connectivity index (χ0) is 17.0. The Bertz CT molecular complexity index is 520. The molecule has 1 aliphatic rings. The lowest BCUT2D eigenvalue weighted by molar-refractivity contribution is -0.137. The highest BCUT2D eigenvalue weighted by atomic mass is 19.4. The zero-order valence-corrected chi connectivity index (χ0v) is 13.6. The molecule has 1 saturated heterocycles. The molecule has 128 valence electrons. The monoisotopic (exact) mass is 328 g/mol. The summed E-state index contributed by atoms with van der Waals surface area (Å²) in [4.78, 5) is 16.6. The SMILES string of the molecule is CCN1CCC(C(=O)N(CC)c2ccc(C(F)(F)F)cc2)CC1. The number of piperidine rings is 1. The van der Waals surface area contributed by atoms with Crippen molar-refractivity contribution in [3.05, 3.63) is 29.8 Å². The molecule has 1 fully saturated rings. The number of alkyl halides is 3. The number of carbonyl (C=O) groups is 1. The van der Waals surface area contributed by atoms with Gasteiger partial charge in [0.05, 0.1) is 5.56 Å². The van der Waals surface area contributed by atoms with Crippen LogP contribution in [0.15, 0.2) is 24.3 Å². The van der Waals surface area contributed by atoms with Crippen LogP contribution in [0.2, 0.25) is 0 Å². The lowest BCUT2D eigenvalue weighted by atomic mass is 9.95. The summed E-state index contributed by atoms with van der Waals surface area (Å²) < 4.78 is 37.9. The van der Waals surface area contributed by atoms with Gasteiger partial charge in [-0.3, -0.25) is 4.79 Å². The third kappa shape index (κ3) is 4.25. The summed E-state index contributed by atoms with van der Waals surface area (Å²) in [7, 11) is 0. The van der Waals surface area contributed by atoms with E-state index in [4.69, 9.17) is 0 Å². The van der Waals surface area contributed by atoms with E-state index in [0.717, 1.165) is 44.6 Å². The van der Waals surface area contributed by atoms with E-state index in [-0.39, 0.29) is 11.8 Å². The number of amides is 1. The van der Waals surface area contributed by atoms with Gasteiger partial charge in [-0.25, -0.2) is 0 Å². The zero-order valence-electron chi connectivity index (χ0n) is 13.6. The molecule has 1 heterocycles. The maximum Gasteiger partial charge on any atom is 0.416 e. The van der Waals surface area contributed by atoms with Gasteiger partial charge < -0.3 is 9.80 Å². The first-order valence-corrected chi connectivity index (χ1v) is 8.07. The number of hydrogen-bond donors (Lipinski definition) is 0. The normalized spacial score (nSPS) is 17.3. The van der Waals surface area contributed by atoms with Crippen molar-refractivity contribution in [2.45, 2.75) is 32.9 Å². The Morgan fingerprint density at radius 3 is 2.17 bits per heavy atom. The molecule has 0 bridgehead atoms. The van der Waals surface area contributed by atoms with Gasteiger partial charge in [0.1, 0.15) is 0 Å². The maximum atomic E-state index is 12.7. The Morgan fingerprint density at radius 1 is 1.17 bits per heavy atom. The van der Waals surface area contributed by atoms with E-state index in [0.29, 0.717) is 12.2 Å². The van der Waals surface area contributed by atoms with Gasteiger partial charge in [-0.2, -0.15) is 13.2 Å². The van der Waals surface area contributed by atoms with Gasteiger partial charge in [0, 0.05) is 18.2 Å². The topological polar surface area (TPSA) is 23.6 Å². The molecule has 0 saturated carbocycles. The van der Waals surface area contributed by atoms with Gasteiger partial charge in [0.25, 0.3) is 0 Å². The summed E-state index contributed by atoms with van der Waals surface area (Å²) in [5.74, 6) is -0.0249. The van der Waals surface area contributed by atoms with Crippen LogP contribution in [0.25, 0.3) is 0 Å². The molecule has 0 unspecified atom stereocenters. The average Bonchev–Trinajstić information content (AvgIpc) is 2.55. The standard InChI is InChI=1S/C17H23F3N2O/c1-3-21-11-9-13(10-12-21)16(23)22(4-2)15-7-5-14(6-8-15)17(18,19)20/h5-8,13H,3-4,9-12H2,1-2H3. The van der Waals surface area contributed by atoms with Crippen LogP contribution in [0.5, 0.6) is 0 Å². The molecule has 1 aliphatic heterocycles. The highest BCUT2D eigenvalue weighted by Crippen LogP contribution is 2.31. The highest BCUT2D eigenvalue weighted by Gasteiger charge is 2.31. The maximum absolute atomic E-state index is 12.7. The van der Waals surface area contributed by atoms with E-state index in [1.807, 2.05) is 6.92 Å². The summed E-state index contributed by atoms with van der Waals surface area (Å²) in [6.07, 6.45) is -2.74. The van der Waals surface area contributed by atoms with Crippen LogP contribution < -0.4 is 4.90 Å². The van der Waals surface area contributed by atoms with Crippen molar-refractivity contribution >= 4 is 11.6 Å². The molecule has 2 rings (SSSR count). The molecule has 6 heteroatoms. The minimum absolute atomic E-state index is 0.0167. The average molecular weight is 328 g/mol. The van der Waals surface area contributed by atoms with Gasteiger partial charge >= 0.3 is 6.18 Å². The van der Waals surface area contributed by atoms with Gasteiger partial charge in [-0.05, 0) is 63.7 Å². The fourth-order valence-corrected chi connectivity index (χ4v) is 3.01. The highest BCUT2D eigenvalue weighted by molar-refractivity contribution is 5.95. The molecule has 23 heavy (non-hydrogen) atoms. The Labute approximate surface area is 135 Å². The fraction of sp³-hybridized carbons (Fsp3) is 0.588. The Kier molecular flexibility index (Phi) is 5.68. The second-order valence-electron chi connectivity index (χ2n) is 5.84. The third-order valence-electron chi connectivity index (χ3n) is 4.47. The first-order valence-electron chi connectivity index (χ1n) is 8.07. The number of halogens is 3. The molecule has 3 nitrogen and oxygen atoms in total. The van der Waals surface area contributed by atoms with Gasteiger partial charge in [0.2, 0.25) is 5.91 Å². The van der Waals surface area contributed by atoms with Crippen LogP contribution in [-0.4, -0.2) is 37.0 Å². The molecule has 0 spiro atoms. The summed E-state index contributed by atoms with van der Waals surface area (Å²) in [6.45, 7) is 7.18. The lowest BCUT2D eigenvalue weighted by Crippen LogP contribution is -2.42. The minimum Gasteiger partial charge on any atom is -0.312 e. The van der Waals surface area contributed by atoms with Crippen LogP contribution in [0.1, 0.15) is 32.3 Å². The summed E-state index contributed by atoms with van der Waals surface area (Å²) in [5.41, 5.74) is -0.163. The number of benzene rings is 1. The number of hydrogen-bond acceptors (Lipinski definition) is 2. The first-order chi connectivity index (χ1) is 10.9. The van der Waals surface area contributed by atoms with Crippen molar-refractivity contribution in [1.29, 1.82) is 0 Å². The molecular weight excluding hydrogens is 305 g/mol. The number of likely N-dealkylation sites (tertiary alicyclic amines) is 1. The third-order valence-corrected chi connectivity index (χ3v) is 4.47. The van der Waals surface area contributed by atoms with Crippen LogP contribution in [0, 0.1) is 5.92 Å². The Morgan fingerprint density at radius 2 is 1.74 bits per heavy atom. The molecule has 0 radical (unpaired) electrons. The van der Waals surface area contributed by atoms with Crippen LogP contribution in [0.4, 0.5) is 18.9 Å². The summed E-state index contributed by atoms with van der Waals surface area (Å²) >= 11 is 0. The summed E-state index contributed by atoms with van der Waals surface area (Å²) in [6, 6.07) is 4.83. The number of rotatable bonds is 4. The van der Waals surface area contributed by atoms with Gasteiger partial charge in [-0.1, -0.05) is 6.92 Å². The molecule has 1 amide bonds. The van der Waals surface area contributed by atoms with Crippen molar-refractivity contribution in [3.8, 4) is 0 Å². The molecule has 0 aliphatic carbocycles. The second kappa shape index (κ2) is 7.34. The molecule has 0 N–H and O–H groups in total. The molecule has 1 aromatic carbocycles. The van der Waals surface area contributed by atoms with Crippen molar-refractivity contribution in [3.63, 3.8) is 0 Å². The predicted molar refractivity (Wildman–Crippen MR) is 84.3 cm³/mol. The smallest absolute Gasteiger partial charge is 0.312 e. The van der Waals surface area contributed by atoms with Crippen molar-refractivity contribution in [2.24, 2.45) is 5.92 Å². The van der Waals surface area contributed by atoms with Crippen molar-refractivity contribution in [2.75, 3.05) is 31.1 Å². The second-order valence-corrected chi connectivity index (χ2v) is 5.84.